The van der Waals surface area contributed by atoms with Crippen LogP contribution in [0.1, 0.15) is 49.3 Å². The van der Waals surface area contributed by atoms with Gasteiger partial charge in [-0.25, -0.2) is 0 Å². The number of amides is 1. The number of carbonyl (C=O) groups is 2. The fourth-order valence-electron chi connectivity index (χ4n) is 1.74. The number of hydrogen-bond donors (Lipinski definition) is 2. The van der Waals surface area contributed by atoms with Gasteiger partial charge in [0.05, 0.1) is 24.4 Å². The number of nitrogens with zero attached hydrogens (tertiary/aromatic N) is 2. The SMILES string of the molecule is CCOC(=O)CCN(C)C(=O)c1n[nH]c(C(C)C)c1N. The Bertz CT molecular complexity index is 482. The quantitative estimate of drug-likeness (QED) is 0.762. The predicted octanol–water partition coefficient (Wildman–Crippen LogP) is 1.14. The molecule has 20 heavy (non-hydrogen) atoms. The average molecular weight is 282 g/mol. The zero-order chi connectivity index (χ0) is 15.3. The van der Waals surface area contributed by atoms with Crippen LogP contribution in [0.3, 0.4) is 0 Å². The number of esters is 1. The number of nitrogens with two attached hydrogens (primary N) is 1. The summed E-state index contributed by atoms with van der Waals surface area (Å²) < 4.78 is 4.81. The number of carbonyl (C=O) groups excluding carboxylic acids is 2. The molecule has 0 aliphatic carbocycles. The standard InChI is InChI=1S/C13H22N4O3/c1-5-20-9(18)6-7-17(4)13(19)12-10(14)11(8(2)3)15-16-12/h8H,5-7,14H2,1-4H3,(H,15,16). The van der Waals surface area contributed by atoms with E-state index in [0.717, 1.165) is 5.69 Å². The van der Waals surface area contributed by atoms with Crippen molar-refractivity contribution in [3.63, 3.8) is 0 Å². The first kappa shape index (κ1) is 16.0. The summed E-state index contributed by atoms with van der Waals surface area (Å²) >= 11 is 0. The summed E-state index contributed by atoms with van der Waals surface area (Å²) in [5, 5.41) is 6.74. The van der Waals surface area contributed by atoms with Gasteiger partial charge in [0.2, 0.25) is 0 Å². The van der Waals surface area contributed by atoms with Gasteiger partial charge in [-0.2, -0.15) is 5.10 Å². The summed E-state index contributed by atoms with van der Waals surface area (Å²) in [5.41, 5.74) is 7.22. The Hall–Kier alpha value is -2.05. The number of rotatable bonds is 6. The molecule has 0 unspecified atom stereocenters. The fourth-order valence-corrected chi connectivity index (χ4v) is 1.74. The molecule has 0 saturated heterocycles. The van der Waals surface area contributed by atoms with Crippen LogP contribution in [0, 0.1) is 0 Å². The van der Waals surface area contributed by atoms with Crippen molar-refractivity contribution in [3.8, 4) is 0 Å². The van der Waals surface area contributed by atoms with Crippen molar-refractivity contribution in [2.24, 2.45) is 0 Å². The van der Waals surface area contributed by atoms with E-state index in [0.29, 0.717) is 12.3 Å². The van der Waals surface area contributed by atoms with Crippen LogP contribution >= 0.6 is 0 Å². The van der Waals surface area contributed by atoms with Crippen LogP contribution in [0.4, 0.5) is 5.69 Å². The van der Waals surface area contributed by atoms with Crippen molar-refractivity contribution in [2.45, 2.75) is 33.1 Å². The van der Waals surface area contributed by atoms with Gasteiger partial charge in [0.25, 0.3) is 5.91 Å². The van der Waals surface area contributed by atoms with E-state index in [9.17, 15) is 9.59 Å². The Morgan fingerprint density at radius 2 is 2.10 bits per heavy atom. The molecular formula is C13H22N4O3. The van der Waals surface area contributed by atoms with Crippen LogP contribution in [0.15, 0.2) is 0 Å². The second kappa shape index (κ2) is 6.93. The highest BCUT2D eigenvalue weighted by molar-refractivity contribution is 5.97. The second-order valence-corrected chi connectivity index (χ2v) is 4.84. The van der Waals surface area contributed by atoms with E-state index in [1.807, 2.05) is 13.8 Å². The van der Waals surface area contributed by atoms with Crippen molar-refractivity contribution in [3.05, 3.63) is 11.4 Å². The number of hydrogen-bond acceptors (Lipinski definition) is 5. The number of nitrogen functional groups attached to an aromatic ring is 1. The lowest BCUT2D eigenvalue weighted by Crippen LogP contribution is -2.30. The highest BCUT2D eigenvalue weighted by Gasteiger charge is 2.22. The van der Waals surface area contributed by atoms with Gasteiger partial charge in [0.1, 0.15) is 0 Å². The molecule has 1 amide bonds. The molecule has 112 valence electrons. The maximum absolute atomic E-state index is 12.2. The Balaban J connectivity index is 2.68. The molecule has 7 heteroatoms. The second-order valence-electron chi connectivity index (χ2n) is 4.84. The van der Waals surface area contributed by atoms with Gasteiger partial charge in [-0.3, -0.25) is 14.7 Å². The van der Waals surface area contributed by atoms with Crippen LogP contribution < -0.4 is 5.73 Å². The minimum atomic E-state index is -0.329. The Morgan fingerprint density at radius 1 is 1.45 bits per heavy atom. The molecular weight excluding hydrogens is 260 g/mol. The lowest BCUT2D eigenvalue weighted by molar-refractivity contribution is -0.143. The predicted molar refractivity (Wildman–Crippen MR) is 75.3 cm³/mol. The molecule has 0 spiro atoms. The van der Waals surface area contributed by atoms with E-state index < -0.39 is 0 Å². The smallest absolute Gasteiger partial charge is 0.307 e. The monoisotopic (exact) mass is 282 g/mol. The van der Waals surface area contributed by atoms with E-state index in [4.69, 9.17) is 10.5 Å². The van der Waals surface area contributed by atoms with Crippen molar-refractivity contribution in [1.29, 1.82) is 0 Å². The van der Waals surface area contributed by atoms with Gasteiger partial charge in [0.15, 0.2) is 5.69 Å². The van der Waals surface area contributed by atoms with Gasteiger partial charge in [-0.15, -0.1) is 0 Å². The molecule has 0 radical (unpaired) electrons. The molecule has 7 nitrogen and oxygen atoms in total. The Morgan fingerprint density at radius 3 is 2.60 bits per heavy atom. The third-order valence-electron chi connectivity index (χ3n) is 2.92. The Labute approximate surface area is 118 Å². The highest BCUT2D eigenvalue weighted by atomic mass is 16.5. The van der Waals surface area contributed by atoms with Crippen LogP contribution in [0.2, 0.25) is 0 Å². The number of anilines is 1. The summed E-state index contributed by atoms with van der Waals surface area (Å²) in [4.78, 5) is 24.9. The molecule has 0 aromatic carbocycles. The molecule has 0 bridgehead atoms. The molecule has 0 aliphatic heterocycles. The van der Waals surface area contributed by atoms with Gasteiger partial charge in [-0.1, -0.05) is 13.8 Å². The third-order valence-corrected chi connectivity index (χ3v) is 2.92. The van der Waals surface area contributed by atoms with Crippen molar-refractivity contribution in [2.75, 3.05) is 25.9 Å². The number of ether oxygens (including phenoxy) is 1. The van der Waals surface area contributed by atoms with Gasteiger partial charge in [-0.05, 0) is 12.8 Å². The maximum atomic E-state index is 12.2. The Kier molecular flexibility index (Phi) is 5.54. The van der Waals surface area contributed by atoms with E-state index >= 15 is 0 Å². The van der Waals surface area contributed by atoms with Crippen LogP contribution in [-0.2, 0) is 9.53 Å². The van der Waals surface area contributed by atoms with E-state index in [2.05, 4.69) is 10.2 Å². The van der Waals surface area contributed by atoms with E-state index in [-0.39, 0.29) is 36.5 Å². The van der Waals surface area contributed by atoms with Crippen molar-refractivity contribution < 1.29 is 14.3 Å². The number of H-pyrrole nitrogens is 1. The molecule has 1 rings (SSSR count). The van der Waals surface area contributed by atoms with Crippen LogP contribution in [0.5, 0.6) is 0 Å². The molecule has 0 aliphatic rings. The molecule has 0 saturated carbocycles. The molecule has 0 atom stereocenters. The van der Waals surface area contributed by atoms with Gasteiger partial charge in [0, 0.05) is 13.6 Å². The molecule has 3 N–H and O–H groups in total. The van der Waals surface area contributed by atoms with E-state index in [1.165, 1.54) is 4.90 Å². The van der Waals surface area contributed by atoms with Gasteiger partial charge >= 0.3 is 5.97 Å². The number of aromatic nitrogens is 2. The summed E-state index contributed by atoms with van der Waals surface area (Å²) in [6.45, 7) is 6.26. The van der Waals surface area contributed by atoms with Crippen LogP contribution in [-0.4, -0.2) is 47.2 Å². The third kappa shape index (κ3) is 3.72. The maximum Gasteiger partial charge on any atom is 0.307 e. The zero-order valence-electron chi connectivity index (χ0n) is 12.4. The molecule has 1 aromatic heterocycles. The lowest BCUT2D eigenvalue weighted by Gasteiger charge is -2.15. The first-order valence-corrected chi connectivity index (χ1v) is 6.63. The minimum absolute atomic E-state index is 0.150. The van der Waals surface area contributed by atoms with Crippen LogP contribution in [0.25, 0.3) is 0 Å². The van der Waals surface area contributed by atoms with Crippen molar-refractivity contribution >= 4 is 17.6 Å². The normalized spacial score (nSPS) is 10.7. The summed E-state index contributed by atoms with van der Waals surface area (Å²) in [7, 11) is 1.60. The first-order chi connectivity index (χ1) is 9.38. The zero-order valence-corrected chi connectivity index (χ0v) is 12.4. The summed E-state index contributed by atoms with van der Waals surface area (Å²) in [6, 6.07) is 0. The lowest BCUT2D eigenvalue weighted by atomic mass is 10.1. The first-order valence-electron chi connectivity index (χ1n) is 6.63. The minimum Gasteiger partial charge on any atom is -0.466 e. The van der Waals surface area contributed by atoms with Gasteiger partial charge < -0.3 is 15.4 Å². The van der Waals surface area contributed by atoms with Crippen molar-refractivity contribution in [1.82, 2.24) is 15.1 Å². The summed E-state index contributed by atoms with van der Waals surface area (Å²) in [5.74, 6) is -0.478. The fraction of sp³-hybridized carbons (Fsp3) is 0.615. The number of nitrogens with one attached hydrogen (secondary N) is 1. The number of aromatic amines is 1. The molecule has 1 aromatic rings. The largest absolute Gasteiger partial charge is 0.466 e. The molecule has 0 fully saturated rings. The topological polar surface area (TPSA) is 101 Å². The molecule has 1 heterocycles. The average Bonchev–Trinajstić information content (AvgIpc) is 2.77. The summed E-state index contributed by atoms with van der Waals surface area (Å²) in [6.07, 6.45) is 0.150. The highest BCUT2D eigenvalue weighted by Crippen LogP contribution is 2.22. The van der Waals surface area contributed by atoms with E-state index in [1.54, 1.807) is 14.0 Å².